The third-order valence-corrected chi connectivity index (χ3v) is 3.30. The first kappa shape index (κ1) is 14.9. The molecule has 2 aromatic rings. The van der Waals surface area contributed by atoms with Crippen LogP contribution in [0.1, 0.15) is 27.2 Å². The Morgan fingerprint density at radius 3 is 2.85 bits per heavy atom. The smallest absolute Gasteiger partial charge is 0.120 e. The lowest BCUT2D eigenvalue weighted by Gasteiger charge is -2.09. The fraction of sp³-hybridized carbons (Fsp3) is 0.529. The van der Waals surface area contributed by atoms with Gasteiger partial charge < -0.3 is 14.6 Å². The van der Waals surface area contributed by atoms with Gasteiger partial charge in [0.1, 0.15) is 5.75 Å². The Labute approximate surface area is 121 Å². The van der Waals surface area contributed by atoms with Crippen LogP contribution in [0.2, 0.25) is 0 Å². The average Bonchev–Trinajstić information content (AvgIpc) is 2.83. The average molecular weight is 274 g/mol. The standard InChI is InChI=1S/C17H26N2O/c1-4-11-20-16-5-6-17-15(12-16)7-9-19(17)10-8-18-13-14(2)3/h5-7,9,12,14,18H,4,8,10-11,13H2,1-3H3. The van der Waals surface area contributed by atoms with E-state index in [-0.39, 0.29) is 0 Å². The number of aromatic nitrogens is 1. The van der Waals surface area contributed by atoms with Crippen molar-refractivity contribution in [3.05, 3.63) is 30.5 Å². The van der Waals surface area contributed by atoms with Crippen molar-refractivity contribution in [2.75, 3.05) is 19.7 Å². The Bertz CT molecular complexity index is 531. The number of nitrogens with zero attached hydrogens (tertiary/aromatic N) is 1. The summed E-state index contributed by atoms with van der Waals surface area (Å²) in [7, 11) is 0. The van der Waals surface area contributed by atoms with Gasteiger partial charge in [-0.05, 0) is 43.1 Å². The summed E-state index contributed by atoms with van der Waals surface area (Å²) in [4.78, 5) is 0. The van der Waals surface area contributed by atoms with Gasteiger partial charge in [0.15, 0.2) is 0 Å². The molecule has 20 heavy (non-hydrogen) atoms. The first-order valence-electron chi connectivity index (χ1n) is 7.63. The van der Waals surface area contributed by atoms with Gasteiger partial charge in [-0.3, -0.25) is 0 Å². The molecule has 0 atom stereocenters. The van der Waals surface area contributed by atoms with Gasteiger partial charge in [-0.15, -0.1) is 0 Å². The molecule has 110 valence electrons. The number of ether oxygens (including phenoxy) is 1. The van der Waals surface area contributed by atoms with Crippen LogP contribution in [-0.2, 0) is 6.54 Å². The molecule has 1 N–H and O–H groups in total. The lowest BCUT2D eigenvalue weighted by atomic mass is 10.2. The van der Waals surface area contributed by atoms with E-state index in [0.29, 0.717) is 5.92 Å². The van der Waals surface area contributed by atoms with Crippen LogP contribution in [0.5, 0.6) is 5.75 Å². The normalized spacial score (nSPS) is 11.4. The molecule has 1 heterocycles. The van der Waals surface area contributed by atoms with Crippen molar-refractivity contribution < 1.29 is 4.74 Å². The molecular formula is C17H26N2O. The minimum Gasteiger partial charge on any atom is -0.494 e. The Kier molecular flexibility index (Phi) is 5.48. The summed E-state index contributed by atoms with van der Waals surface area (Å²) in [5.41, 5.74) is 1.28. The fourth-order valence-corrected chi connectivity index (χ4v) is 2.27. The highest BCUT2D eigenvalue weighted by Gasteiger charge is 2.03. The van der Waals surface area contributed by atoms with Gasteiger partial charge in [0.2, 0.25) is 0 Å². The molecule has 0 unspecified atom stereocenters. The second-order valence-corrected chi connectivity index (χ2v) is 5.68. The highest BCUT2D eigenvalue weighted by atomic mass is 16.5. The van der Waals surface area contributed by atoms with Crippen LogP contribution in [-0.4, -0.2) is 24.3 Å². The molecule has 0 amide bonds. The Morgan fingerprint density at radius 2 is 2.10 bits per heavy atom. The van der Waals surface area contributed by atoms with Crippen molar-refractivity contribution >= 4 is 10.9 Å². The van der Waals surface area contributed by atoms with E-state index in [4.69, 9.17) is 4.74 Å². The second-order valence-electron chi connectivity index (χ2n) is 5.68. The molecule has 1 aromatic heterocycles. The van der Waals surface area contributed by atoms with Gasteiger partial charge in [0.05, 0.1) is 6.61 Å². The predicted molar refractivity (Wildman–Crippen MR) is 85.4 cm³/mol. The largest absolute Gasteiger partial charge is 0.494 e. The van der Waals surface area contributed by atoms with E-state index >= 15 is 0 Å². The number of rotatable bonds is 8. The summed E-state index contributed by atoms with van der Waals surface area (Å²) in [6, 6.07) is 8.51. The zero-order valence-electron chi connectivity index (χ0n) is 12.9. The Balaban J connectivity index is 1.97. The van der Waals surface area contributed by atoms with Crippen molar-refractivity contribution in [2.24, 2.45) is 5.92 Å². The molecule has 0 saturated heterocycles. The fourth-order valence-electron chi connectivity index (χ4n) is 2.27. The van der Waals surface area contributed by atoms with Crippen LogP contribution < -0.4 is 10.1 Å². The summed E-state index contributed by atoms with van der Waals surface area (Å²) in [6.45, 7) is 10.5. The lowest BCUT2D eigenvalue weighted by Crippen LogP contribution is -2.23. The van der Waals surface area contributed by atoms with Crippen molar-refractivity contribution in [3.8, 4) is 5.75 Å². The van der Waals surface area contributed by atoms with Crippen molar-refractivity contribution in [2.45, 2.75) is 33.7 Å². The highest BCUT2D eigenvalue weighted by molar-refractivity contribution is 5.81. The first-order valence-corrected chi connectivity index (χ1v) is 7.63. The number of nitrogens with one attached hydrogen (secondary N) is 1. The molecule has 0 spiro atoms. The zero-order valence-corrected chi connectivity index (χ0v) is 12.9. The third-order valence-electron chi connectivity index (χ3n) is 3.30. The van der Waals surface area contributed by atoms with Gasteiger partial charge in [-0.1, -0.05) is 20.8 Å². The highest BCUT2D eigenvalue weighted by Crippen LogP contribution is 2.22. The zero-order chi connectivity index (χ0) is 14.4. The van der Waals surface area contributed by atoms with Gasteiger partial charge in [-0.25, -0.2) is 0 Å². The molecule has 0 aliphatic carbocycles. The quantitative estimate of drug-likeness (QED) is 0.743. The van der Waals surface area contributed by atoms with Gasteiger partial charge in [-0.2, -0.15) is 0 Å². The van der Waals surface area contributed by atoms with E-state index in [2.05, 4.69) is 61.1 Å². The summed E-state index contributed by atoms with van der Waals surface area (Å²) < 4.78 is 7.97. The topological polar surface area (TPSA) is 26.2 Å². The summed E-state index contributed by atoms with van der Waals surface area (Å²) in [5.74, 6) is 1.67. The van der Waals surface area contributed by atoms with Crippen molar-refractivity contribution in [1.82, 2.24) is 9.88 Å². The van der Waals surface area contributed by atoms with Crippen LogP contribution in [0.3, 0.4) is 0 Å². The van der Waals surface area contributed by atoms with Crippen molar-refractivity contribution in [1.29, 1.82) is 0 Å². The molecule has 3 nitrogen and oxygen atoms in total. The summed E-state index contributed by atoms with van der Waals surface area (Å²) >= 11 is 0. The Morgan fingerprint density at radius 1 is 1.25 bits per heavy atom. The molecule has 1 aromatic carbocycles. The van der Waals surface area contributed by atoms with Crippen LogP contribution in [0.25, 0.3) is 10.9 Å². The molecule has 0 aliphatic heterocycles. The molecule has 0 radical (unpaired) electrons. The van der Waals surface area contributed by atoms with Crippen LogP contribution in [0.4, 0.5) is 0 Å². The molecule has 0 bridgehead atoms. The molecule has 0 aliphatic rings. The second kappa shape index (κ2) is 7.34. The van der Waals surface area contributed by atoms with E-state index < -0.39 is 0 Å². The van der Waals surface area contributed by atoms with Crippen molar-refractivity contribution in [3.63, 3.8) is 0 Å². The Hall–Kier alpha value is -1.48. The van der Waals surface area contributed by atoms with E-state index in [0.717, 1.165) is 38.4 Å². The molecule has 2 rings (SSSR count). The number of benzene rings is 1. The number of hydrogen-bond acceptors (Lipinski definition) is 2. The SMILES string of the molecule is CCCOc1ccc2c(ccn2CCNCC(C)C)c1. The first-order chi connectivity index (χ1) is 9.70. The minimum atomic E-state index is 0.703. The molecular weight excluding hydrogens is 248 g/mol. The monoisotopic (exact) mass is 274 g/mol. The molecule has 0 fully saturated rings. The van der Waals surface area contributed by atoms with E-state index in [1.807, 2.05) is 0 Å². The summed E-state index contributed by atoms with van der Waals surface area (Å²) in [6.07, 6.45) is 3.20. The summed E-state index contributed by atoms with van der Waals surface area (Å²) in [5, 5.41) is 4.73. The molecule has 0 saturated carbocycles. The maximum atomic E-state index is 5.68. The maximum absolute atomic E-state index is 5.68. The van der Waals surface area contributed by atoms with Gasteiger partial charge in [0, 0.05) is 30.2 Å². The lowest BCUT2D eigenvalue weighted by molar-refractivity contribution is 0.318. The number of fused-ring (bicyclic) bond motifs is 1. The molecule has 3 heteroatoms. The van der Waals surface area contributed by atoms with Crippen LogP contribution in [0.15, 0.2) is 30.5 Å². The maximum Gasteiger partial charge on any atom is 0.120 e. The van der Waals surface area contributed by atoms with Gasteiger partial charge >= 0.3 is 0 Å². The predicted octanol–water partition coefficient (Wildman–Crippen LogP) is 3.68. The van der Waals surface area contributed by atoms with E-state index in [1.165, 1.54) is 10.9 Å². The van der Waals surface area contributed by atoms with E-state index in [1.54, 1.807) is 0 Å². The minimum absolute atomic E-state index is 0.703. The van der Waals surface area contributed by atoms with E-state index in [9.17, 15) is 0 Å². The van der Waals surface area contributed by atoms with Gasteiger partial charge in [0.25, 0.3) is 0 Å². The van der Waals surface area contributed by atoms with Crippen LogP contribution in [0, 0.1) is 5.92 Å². The number of hydrogen-bond donors (Lipinski definition) is 1. The third kappa shape index (κ3) is 4.01. The van der Waals surface area contributed by atoms with Crippen LogP contribution >= 0.6 is 0 Å².